The van der Waals surface area contributed by atoms with Crippen LogP contribution in [-0.4, -0.2) is 43.7 Å². The molecule has 1 aliphatic heterocycles. The highest BCUT2D eigenvalue weighted by Gasteiger charge is 2.49. The molecule has 0 bridgehead atoms. The highest BCUT2D eigenvalue weighted by Crippen LogP contribution is 2.37. The number of benzene rings is 1. The number of carbonyl (C=O) groups excluding carboxylic acids is 1. The van der Waals surface area contributed by atoms with Crippen LogP contribution < -0.4 is 0 Å². The van der Waals surface area contributed by atoms with Gasteiger partial charge in [-0.2, -0.15) is 0 Å². The molecule has 1 heterocycles. The maximum atomic E-state index is 12.8. The molecule has 8 heteroatoms. The molecular formula is C18H26NO6S-. The number of hydrogen-bond acceptors (Lipinski definition) is 6. The quantitative estimate of drug-likeness (QED) is 0.741. The Balaban J connectivity index is 2.39. The highest BCUT2D eigenvalue weighted by molar-refractivity contribution is 7.74. The first-order valence-electron chi connectivity index (χ1n) is 8.40. The Morgan fingerprint density at radius 2 is 1.92 bits per heavy atom. The molecule has 0 aromatic heterocycles. The second kappa shape index (κ2) is 7.64. The van der Waals surface area contributed by atoms with E-state index in [1.54, 1.807) is 46.8 Å². The summed E-state index contributed by atoms with van der Waals surface area (Å²) < 4.78 is 39.0. The van der Waals surface area contributed by atoms with Gasteiger partial charge in [-0.25, -0.2) is 9.00 Å². The van der Waals surface area contributed by atoms with E-state index in [9.17, 15) is 13.6 Å². The summed E-state index contributed by atoms with van der Waals surface area (Å²) in [5, 5.41) is 0. The molecule has 0 N–H and O–H groups in total. The Bertz CT molecular complexity index is 667. The van der Waals surface area contributed by atoms with Crippen LogP contribution in [0.3, 0.4) is 0 Å². The molecule has 1 saturated heterocycles. The molecule has 7 nitrogen and oxygen atoms in total. The highest BCUT2D eigenvalue weighted by atomic mass is 32.2. The van der Waals surface area contributed by atoms with Gasteiger partial charge in [0.1, 0.15) is 17.4 Å². The lowest BCUT2D eigenvalue weighted by atomic mass is 10.0. The maximum absolute atomic E-state index is 12.8. The number of ether oxygens (including phenoxy) is 2. The Kier molecular flexibility index (Phi) is 6.12. The van der Waals surface area contributed by atoms with Gasteiger partial charge in [0, 0.05) is 0 Å². The lowest BCUT2D eigenvalue weighted by Gasteiger charge is -2.37. The summed E-state index contributed by atoms with van der Waals surface area (Å²) in [5.41, 5.74) is 0.0216. The van der Waals surface area contributed by atoms with E-state index in [-0.39, 0.29) is 6.61 Å². The standard InChI is InChI=1S/C18H27NO6S/c1-12-7-9-13(10-8-12)15(25-26(21)22)14-11-23-18(5,6)19(14)16(20)24-17(2,3)4/h7-10,14-15H,11H2,1-6H3,(H,21,22)/p-1. The van der Waals surface area contributed by atoms with Gasteiger partial charge in [-0.05, 0) is 47.1 Å². The number of amides is 1. The van der Waals surface area contributed by atoms with Gasteiger partial charge in [0.2, 0.25) is 0 Å². The van der Waals surface area contributed by atoms with Gasteiger partial charge >= 0.3 is 6.09 Å². The number of hydrogen-bond donors (Lipinski definition) is 0. The zero-order valence-electron chi connectivity index (χ0n) is 16.0. The summed E-state index contributed by atoms with van der Waals surface area (Å²) in [4.78, 5) is 14.2. The normalized spacial score (nSPS) is 22.1. The summed E-state index contributed by atoms with van der Waals surface area (Å²) in [5.74, 6) is 0. The van der Waals surface area contributed by atoms with Crippen LogP contribution in [0.15, 0.2) is 24.3 Å². The van der Waals surface area contributed by atoms with E-state index in [2.05, 4.69) is 0 Å². The van der Waals surface area contributed by atoms with Crippen molar-refractivity contribution in [1.82, 2.24) is 4.90 Å². The third kappa shape index (κ3) is 5.03. The van der Waals surface area contributed by atoms with Crippen molar-refractivity contribution >= 4 is 17.5 Å². The second-order valence-electron chi connectivity index (χ2n) is 7.81. The monoisotopic (exact) mass is 384 g/mol. The molecule has 3 atom stereocenters. The topological polar surface area (TPSA) is 88.1 Å². The van der Waals surface area contributed by atoms with Crippen molar-refractivity contribution in [3.63, 3.8) is 0 Å². The van der Waals surface area contributed by atoms with Crippen LogP contribution in [0.25, 0.3) is 0 Å². The molecule has 1 aromatic carbocycles. The minimum atomic E-state index is -2.75. The van der Waals surface area contributed by atoms with Crippen molar-refractivity contribution in [3.05, 3.63) is 35.4 Å². The van der Waals surface area contributed by atoms with E-state index < -0.39 is 40.9 Å². The fourth-order valence-corrected chi connectivity index (χ4v) is 3.31. The van der Waals surface area contributed by atoms with Crippen LogP contribution in [-0.2, 0) is 25.0 Å². The molecule has 0 radical (unpaired) electrons. The summed E-state index contributed by atoms with van der Waals surface area (Å²) in [6.45, 7) is 10.8. The molecule has 3 unspecified atom stereocenters. The van der Waals surface area contributed by atoms with Crippen molar-refractivity contribution in [1.29, 1.82) is 0 Å². The third-order valence-corrected chi connectivity index (χ3v) is 4.41. The molecule has 1 aliphatic rings. The SMILES string of the molecule is Cc1ccc(C(OS(=O)[O-])C2COC(C)(C)N2C(=O)OC(C)(C)C)cc1. The predicted molar refractivity (Wildman–Crippen MR) is 95.8 cm³/mol. The first-order chi connectivity index (χ1) is 11.9. The summed E-state index contributed by atoms with van der Waals surface area (Å²) in [7, 11) is 0. The van der Waals surface area contributed by atoms with E-state index >= 15 is 0 Å². The van der Waals surface area contributed by atoms with Crippen molar-refractivity contribution in [3.8, 4) is 0 Å². The van der Waals surface area contributed by atoms with Crippen LogP contribution in [0.5, 0.6) is 0 Å². The Morgan fingerprint density at radius 3 is 2.42 bits per heavy atom. The van der Waals surface area contributed by atoms with Gasteiger partial charge in [-0.3, -0.25) is 9.08 Å². The minimum absolute atomic E-state index is 0.127. The van der Waals surface area contributed by atoms with Crippen LogP contribution in [0.4, 0.5) is 4.79 Å². The Morgan fingerprint density at radius 1 is 1.35 bits per heavy atom. The van der Waals surface area contributed by atoms with E-state index in [4.69, 9.17) is 13.7 Å². The zero-order valence-corrected chi connectivity index (χ0v) is 16.8. The van der Waals surface area contributed by atoms with Gasteiger partial charge < -0.3 is 14.0 Å². The van der Waals surface area contributed by atoms with Crippen LogP contribution in [0, 0.1) is 6.92 Å². The maximum Gasteiger partial charge on any atom is 0.413 e. The van der Waals surface area contributed by atoms with Crippen LogP contribution in [0.1, 0.15) is 51.8 Å². The lowest BCUT2D eigenvalue weighted by Crippen LogP contribution is -2.51. The van der Waals surface area contributed by atoms with E-state index in [1.165, 1.54) is 4.90 Å². The predicted octanol–water partition coefficient (Wildman–Crippen LogP) is 3.22. The van der Waals surface area contributed by atoms with Crippen molar-refractivity contribution in [2.75, 3.05) is 6.61 Å². The van der Waals surface area contributed by atoms with Crippen LogP contribution >= 0.6 is 0 Å². The van der Waals surface area contributed by atoms with Crippen molar-refractivity contribution in [2.24, 2.45) is 0 Å². The fourth-order valence-electron chi connectivity index (χ4n) is 2.90. The van der Waals surface area contributed by atoms with Gasteiger partial charge in [0.15, 0.2) is 0 Å². The van der Waals surface area contributed by atoms with E-state index in [0.717, 1.165) is 5.56 Å². The first-order valence-corrected chi connectivity index (χ1v) is 9.40. The average Bonchev–Trinajstić information content (AvgIpc) is 2.79. The molecule has 26 heavy (non-hydrogen) atoms. The number of nitrogens with zero attached hydrogens (tertiary/aromatic N) is 1. The first kappa shape index (κ1) is 20.8. The summed E-state index contributed by atoms with van der Waals surface area (Å²) in [6, 6.07) is 6.63. The lowest BCUT2D eigenvalue weighted by molar-refractivity contribution is -0.0668. The van der Waals surface area contributed by atoms with Crippen molar-refractivity contribution in [2.45, 2.75) is 65.0 Å². The summed E-state index contributed by atoms with van der Waals surface area (Å²) in [6.07, 6.45) is -1.48. The van der Waals surface area contributed by atoms with Gasteiger partial charge in [0.25, 0.3) is 0 Å². The number of carbonyl (C=O) groups is 1. The van der Waals surface area contributed by atoms with E-state index in [1.807, 2.05) is 19.1 Å². The smallest absolute Gasteiger partial charge is 0.413 e. The van der Waals surface area contributed by atoms with Gasteiger partial charge in [0.05, 0.1) is 24.0 Å². The summed E-state index contributed by atoms with van der Waals surface area (Å²) >= 11 is -2.75. The molecule has 1 amide bonds. The van der Waals surface area contributed by atoms with Crippen LogP contribution in [0.2, 0.25) is 0 Å². The Hall–Kier alpha value is -1.48. The van der Waals surface area contributed by atoms with Gasteiger partial charge in [-0.15, -0.1) is 0 Å². The fraction of sp³-hybridized carbons (Fsp3) is 0.611. The Labute approximate surface area is 157 Å². The van der Waals surface area contributed by atoms with Gasteiger partial charge in [-0.1, -0.05) is 29.8 Å². The zero-order chi connectivity index (χ0) is 19.7. The second-order valence-corrected chi connectivity index (χ2v) is 8.41. The van der Waals surface area contributed by atoms with Crippen molar-refractivity contribution < 1.29 is 27.2 Å². The molecular weight excluding hydrogens is 358 g/mol. The molecule has 0 spiro atoms. The molecule has 2 rings (SSSR count). The minimum Gasteiger partial charge on any atom is -0.750 e. The number of rotatable bonds is 4. The largest absolute Gasteiger partial charge is 0.750 e. The van der Waals surface area contributed by atoms with E-state index in [0.29, 0.717) is 5.56 Å². The molecule has 1 fully saturated rings. The molecule has 0 saturated carbocycles. The molecule has 0 aliphatic carbocycles. The third-order valence-electron chi connectivity index (χ3n) is 4.05. The molecule has 1 aromatic rings. The number of aryl methyl sites for hydroxylation is 1. The average molecular weight is 384 g/mol. The molecule has 146 valence electrons.